The number of nitrogens with zero attached hydrogens (tertiary/aromatic N) is 4. The number of benzene rings is 3. The maximum absolute atomic E-state index is 13.7. The zero-order valence-electron chi connectivity index (χ0n) is 21.6. The fourth-order valence-corrected chi connectivity index (χ4v) is 6.98. The lowest BCUT2D eigenvalue weighted by molar-refractivity contribution is 0.0985. The fourth-order valence-electron chi connectivity index (χ4n) is 4.46. The van der Waals surface area contributed by atoms with Crippen molar-refractivity contribution < 1.29 is 17.9 Å². The van der Waals surface area contributed by atoms with Crippen LogP contribution < -0.4 is 13.9 Å². The molecule has 0 radical (unpaired) electrons. The van der Waals surface area contributed by atoms with Crippen molar-refractivity contribution in [3.8, 4) is 5.75 Å². The average molecular weight is 551 g/mol. The van der Waals surface area contributed by atoms with E-state index in [1.165, 1.54) is 27.8 Å². The SMILES string of the molecule is CCOc1ccc2nc(N(CCN(C)C)C(=O)c3ccc(S(=O)(=O)N4CCc5ccccc54)cc3)sc2c1. The van der Waals surface area contributed by atoms with Crippen LogP contribution in [0.2, 0.25) is 0 Å². The van der Waals surface area contributed by atoms with Crippen LogP contribution in [-0.2, 0) is 16.4 Å². The Morgan fingerprint density at radius 3 is 2.55 bits per heavy atom. The number of fused-ring (bicyclic) bond motifs is 2. The Morgan fingerprint density at radius 2 is 1.82 bits per heavy atom. The normalized spacial score (nSPS) is 13.2. The van der Waals surface area contributed by atoms with Gasteiger partial charge in [0.15, 0.2) is 5.13 Å². The van der Waals surface area contributed by atoms with Crippen LogP contribution in [0.5, 0.6) is 5.75 Å². The first kappa shape index (κ1) is 26.1. The van der Waals surface area contributed by atoms with Gasteiger partial charge in [0.2, 0.25) is 0 Å². The molecule has 38 heavy (non-hydrogen) atoms. The molecule has 10 heteroatoms. The average Bonchev–Trinajstić information content (AvgIpc) is 3.53. The van der Waals surface area contributed by atoms with Gasteiger partial charge in [-0.3, -0.25) is 14.0 Å². The van der Waals surface area contributed by atoms with Gasteiger partial charge in [-0.15, -0.1) is 0 Å². The van der Waals surface area contributed by atoms with Crippen molar-refractivity contribution >= 4 is 48.3 Å². The van der Waals surface area contributed by atoms with Gasteiger partial charge in [-0.2, -0.15) is 0 Å². The van der Waals surface area contributed by atoms with Gasteiger partial charge in [0.05, 0.1) is 27.4 Å². The van der Waals surface area contributed by atoms with E-state index in [-0.39, 0.29) is 10.8 Å². The zero-order valence-corrected chi connectivity index (χ0v) is 23.3. The van der Waals surface area contributed by atoms with Crippen LogP contribution in [0.1, 0.15) is 22.8 Å². The number of carbonyl (C=O) groups is 1. The van der Waals surface area contributed by atoms with E-state index in [1.54, 1.807) is 17.0 Å². The fraction of sp³-hybridized carbons (Fsp3) is 0.286. The Balaban J connectivity index is 1.42. The summed E-state index contributed by atoms with van der Waals surface area (Å²) in [7, 11) is 0.165. The van der Waals surface area contributed by atoms with E-state index in [0.717, 1.165) is 21.5 Å². The van der Waals surface area contributed by atoms with Gasteiger partial charge in [0.1, 0.15) is 5.75 Å². The minimum Gasteiger partial charge on any atom is -0.494 e. The molecule has 2 heterocycles. The third-order valence-corrected chi connectivity index (χ3v) is 9.31. The predicted octanol–water partition coefficient (Wildman–Crippen LogP) is 4.65. The van der Waals surface area contributed by atoms with E-state index in [0.29, 0.717) is 49.0 Å². The van der Waals surface area contributed by atoms with Crippen molar-refractivity contribution in [1.82, 2.24) is 9.88 Å². The van der Waals surface area contributed by atoms with Gasteiger partial charge in [0.25, 0.3) is 15.9 Å². The first-order valence-electron chi connectivity index (χ1n) is 12.5. The minimum atomic E-state index is -3.74. The molecule has 0 saturated carbocycles. The van der Waals surface area contributed by atoms with Crippen molar-refractivity contribution in [2.45, 2.75) is 18.2 Å². The molecule has 0 aliphatic carbocycles. The van der Waals surface area contributed by atoms with Gasteiger partial charge >= 0.3 is 0 Å². The summed E-state index contributed by atoms with van der Waals surface area (Å²) in [6.45, 7) is 4.00. The lowest BCUT2D eigenvalue weighted by Gasteiger charge is -2.22. The van der Waals surface area contributed by atoms with Crippen LogP contribution in [0.25, 0.3) is 10.2 Å². The van der Waals surface area contributed by atoms with E-state index in [2.05, 4.69) is 0 Å². The molecule has 3 aromatic carbocycles. The van der Waals surface area contributed by atoms with Crippen molar-refractivity contribution in [1.29, 1.82) is 0 Å². The third-order valence-electron chi connectivity index (χ3n) is 6.44. The quantitative estimate of drug-likeness (QED) is 0.302. The number of likely N-dealkylation sites (N-methyl/N-ethyl adjacent to an activating group) is 1. The largest absolute Gasteiger partial charge is 0.494 e. The van der Waals surface area contributed by atoms with Gasteiger partial charge in [-0.25, -0.2) is 13.4 Å². The summed E-state index contributed by atoms with van der Waals surface area (Å²) in [6, 6.07) is 19.4. The first-order valence-corrected chi connectivity index (χ1v) is 14.7. The standard InChI is InChI=1S/C28H30N4O4S2/c1-4-36-22-11-14-24-26(19-22)37-28(29-24)31(18-17-30(2)3)27(33)21-9-12-23(13-10-21)38(34,35)32-16-15-20-7-5-6-8-25(20)32/h5-14,19H,4,15-18H2,1-3H3. The number of carbonyl (C=O) groups excluding carboxylic acids is 1. The zero-order chi connectivity index (χ0) is 26.9. The molecule has 198 valence electrons. The van der Waals surface area contributed by atoms with E-state index in [4.69, 9.17) is 9.72 Å². The molecule has 0 spiro atoms. The second kappa shape index (κ2) is 10.7. The maximum atomic E-state index is 13.7. The molecule has 8 nitrogen and oxygen atoms in total. The van der Waals surface area contributed by atoms with Crippen LogP contribution in [0.4, 0.5) is 10.8 Å². The molecule has 0 atom stereocenters. The van der Waals surface area contributed by atoms with Crippen LogP contribution in [0.15, 0.2) is 71.6 Å². The predicted molar refractivity (Wildman–Crippen MR) is 152 cm³/mol. The number of amides is 1. The summed E-state index contributed by atoms with van der Waals surface area (Å²) in [4.78, 5) is 22.2. The van der Waals surface area contributed by atoms with Crippen LogP contribution in [0.3, 0.4) is 0 Å². The highest BCUT2D eigenvalue weighted by atomic mass is 32.2. The second-order valence-electron chi connectivity index (χ2n) is 9.30. The van der Waals surface area contributed by atoms with Gasteiger partial charge < -0.3 is 9.64 Å². The van der Waals surface area contributed by atoms with Crippen LogP contribution >= 0.6 is 11.3 Å². The summed E-state index contributed by atoms with van der Waals surface area (Å²) < 4.78 is 34.8. The summed E-state index contributed by atoms with van der Waals surface area (Å²) in [6.07, 6.45) is 0.682. The lowest BCUT2D eigenvalue weighted by atomic mass is 10.2. The monoisotopic (exact) mass is 550 g/mol. The Hall–Kier alpha value is -3.47. The van der Waals surface area contributed by atoms with Crippen LogP contribution in [-0.4, -0.2) is 64.5 Å². The summed E-state index contributed by atoms with van der Waals surface area (Å²) in [5, 5.41) is 0.589. The van der Waals surface area contributed by atoms with Crippen LogP contribution in [0, 0.1) is 0 Å². The Morgan fingerprint density at radius 1 is 1.05 bits per heavy atom. The van der Waals surface area contributed by atoms with Gasteiger partial charge in [0, 0.05) is 25.2 Å². The maximum Gasteiger partial charge on any atom is 0.264 e. The minimum absolute atomic E-state index is 0.161. The summed E-state index contributed by atoms with van der Waals surface area (Å²) in [5.41, 5.74) is 2.93. The summed E-state index contributed by atoms with van der Waals surface area (Å²) >= 11 is 1.43. The number of aromatic nitrogens is 1. The number of thiazole rings is 1. The highest BCUT2D eigenvalue weighted by Gasteiger charge is 2.31. The molecular weight excluding hydrogens is 520 g/mol. The van der Waals surface area contributed by atoms with E-state index in [9.17, 15) is 13.2 Å². The highest BCUT2D eigenvalue weighted by Crippen LogP contribution is 2.34. The molecule has 5 rings (SSSR count). The topological polar surface area (TPSA) is 83.0 Å². The number of ether oxygens (including phenoxy) is 1. The van der Waals surface area contributed by atoms with Crippen molar-refractivity contribution in [2.24, 2.45) is 0 Å². The molecule has 0 bridgehead atoms. The summed E-state index contributed by atoms with van der Waals surface area (Å²) in [5.74, 6) is 0.533. The van der Waals surface area contributed by atoms with Gasteiger partial charge in [-0.05, 0) is 81.5 Å². The van der Waals surface area contributed by atoms with E-state index in [1.807, 2.05) is 68.4 Å². The number of sulfonamides is 1. The molecule has 0 fully saturated rings. The Kier molecular flexibility index (Phi) is 7.38. The Bertz CT molecular complexity index is 1570. The highest BCUT2D eigenvalue weighted by molar-refractivity contribution is 7.92. The molecule has 0 unspecified atom stereocenters. The van der Waals surface area contributed by atoms with Crippen molar-refractivity contribution in [3.63, 3.8) is 0 Å². The first-order chi connectivity index (χ1) is 18.3. The van der Waals surface area contributed by atoms with Gasteiger partial charge in [-0.1, -0.05) is 29.5 Å². The lowest BCUT2D eigenvalue weighted by Crippen LogP contribution is -2.36. The second-order valence-corrected chi connectivity index (χ2v) is 12.2. The molecular formula is C28H30N4O4S2. The molecule has 0 saturated heterocycles. The molecule has 1 aliphatic rings. The molecule has 0 N–H and O–H groups in total. The van der Waals surface area contributed by atoms with E-state index < -0.39 is 10.0 Å². The number of para-hydroxylation sites is 1. The molecule has 1 amide bonds. The molecule has 1 aliphatic heterocycles. The number of hydrogen-bond acceptors (Lipinski definition) is 7. The molecule has 1 aromatic heterocycles. The third kappa shape index (κ3) is 5.11. The Labute approximate surface area is 227 Å². The number of rotatable bonds is 9. The number of hydrogen-bond donors (Lipinski definition) is 0. The molecule has 4 aromatic rings. The van der Waals surface area contributed by atoms with E-state index >= 15 is 0 Å². The van der Waals surface area contributed by atoms with Crippen molar-refractivity contribution in [2.75, 3.05) is 49.5 Å². The van der Waals surface area contributed by atoms with Crippen molar-refractivity contribution in [3.05, 3.63) is 77.9 Å². The number of anilines is 2. The smallest absolute Gasteiger partial charge is 0.264 e.